The Labute approximate surface area is 68.5 Å². The number of hydrogen-bond acceptors (Lipinski definition) is 2. The summed E-state index contributed by atoms with van der Waals surface area (Å²) in [5, 5.41) is 0. The molecule has 0 aromatic rings. The van der Waals surface area contributed by atoms with Gasteiger partial charge in [-0.3, -0.25) is 0 Å². The highest BCUT2D eigenvalue weighted by Crippen LogP contribution is 2.12. The summed E-state index contributed by atoms with van der Waals surface area (Å²) in [7, 11) is 6.40. The summed E-state index contributed by atoms with van der Waals surface area (Å²) in [6.45, 7) is 3.70. The third kappa shape index (κ3) is 3.18. The van der Waals surface area contributed by atoms with Crippen molar-refractivity contribution in [2.45, 2.75) is 19.3 Å². The summed E-state index contributed by atoms with van der Waals surface area (Å²) in [6.07, 6.45) is 0.275. The monoisotopic (exact) mass is 160 g/mol. The highest BCUT2D eigenvalue weighted by atomic mass is 16.7. The Morgan fingerprint density at radius 3 is 2.36 bits per heavy atom. The summed E-state index contributed by atoms with van der Waals surface area (Å²) in [6, 6.07) is 0. The first kappa shape index (κ1) is 8.97. The number of likely N-dealkylation sites (N-methyl/N-ethyl adjacent to an activating group) is 1. The number of nitrogens with zero attached hydrogens (tertiary/aromatic N) is 1. The van der Waals surface area contributed by atoms with Crippen molar-refractivity contribution in [3.05, 3.63) is 0 Å². The zero-order valence-corrected chi connectivity index (χ0v) is 7.83. The smallest absolute Gasteiger partial charge is 0.208 e. The van der Waals surface area contributed by atoms with Gasteiger partial charge in [0.15, 0.2) is 0 Å². The highest BCUT2D eigenvalue weighted by molar-refractivity contribution is 4.58. The average molecular weight is 160 g/mol. The summed E-state index contributed by atoms with van der Waals surface area (Å²) in [4.78, 5) is 0. The maximum Gasteiger partial charge on any atom is 0.208 e. The fourth-order valence-electron chi connectivity index (χ4n) is 1.12. The Bertz CT molecular complexity index is 131. The molecule has 0 aliphatic carbocycles. The maximum absolute atomic E-state index is 5.50. The molecule has 0 spiro atoms. The second-order valence-electron chi connectivity index (χ2n) is 4.18. The largest absolute Gasteiger partial charge is 0.345 e. The Kier molecular flexibility index (Phi) is 2.52. The third-order valence-corrected chi connectivity index (χ3v) is 1.60. The van der Waals surface area contributed by atoms with Gasteiger partial charge in [-0.25, -0.2) is 0 Å². The lowest BCUT2D eigenvalue weighted by Gasteiger charge is -2.26. The Morgan fingerprint density at radius 1 is 1.36 bits per heavy atom. The molecule has 1 aliphatic rings. The van der Waals surface area contributed by atoms with Crippen molar-refractivity contribution in [1.82, 2.24) is 0 Å². The first-order valence-electron chi connectivity index (χ1n) is 4.05. The Hall–Kier alpha value is -0.120. The topological polar surface area (TPSA) is 18.5 Å². The summed E-state index contributed by atoms with van der Waals surface area (Å²) in [5.41, 5.74) is 0. The van der Waals surface area contributed by atoms with Crippen LogP contribution in [0.25, 0.3) is 0 Å². The van der Waals surface area contributed by atoms with E-state index in [1.807, 2.05) is 6.92 Å². The molecule has 0 saturated carbocycles. The SMILES string of the molecule is CC1COC(C[N+](C)(C)C)O1. The third-order valence-electron chi connectivity index (χ3n) is 1.60. The summed E-state index contributed by atoms with van der Waals surface area (Å²) in [5.74, 6) is 0. The highest BCUT2D eigenvalue weighted by Gasteiger charge is 2.27. The summed E-state index contributed by atoms with van der Waals surface area (Å²) < 4.78 is 11.8. The van der Waals surface area contributed by atoms with Crippen LogP contribution in [-0.4, -0.2) is 51.2 Å². The predicted molar refractivity (Wildman–Crippen MR) is 43.2 cm³/mol. The first-order valence-corrected chi connectivity index (χ1v) is 4.05. The van der Waals surface area contributed by atoms with Crippen molar-refractivity contribution in [1.29, 1.82) is 0 Å². The molecule has 1 fully saturated rings. The van der Waals surface area contributed by atoms with Crippen LogP contribution in [0.4, 0.5) is 0 Å². The molecule has 1 heterocycles. The average Bonchev–Trinajstić information content (AvgIpc) is 2.10. The molecule has 1 rings (SSSR count). The predicted octanol–water partition coefficient (Wildman–Crippen LogP) is 0.454. The normalized spacial score (nSPS) is 32.7. The number of quaternary nitrogens is 1. The van der Waals surface area contributed by atoms with E-state index in [9.17, 15) is 0 Å². The minimum absolute atomic E-state index is 0.00463. The molecule has 0 amide bonds. The summed E-state index contributed by atoms with van der Waals surface area (Å²) >= 11 is 0. The molecule has 0 N–H and O–H groups in total. The fraction of sp³-hybridized carbons (Fsp3) is 1.00. The van der Waals surface area contributed by atoms with Gasteiger partial charge in [0.05, 0.1) is 33.9 Å². The molecule has 3 nitrogen and oxygen atoms in total. The van der Waals surface area contributed by atoms with Gasteiger partial charge in [0.1, 0.15) is 6.54 Å². The van der Waals surface area contributed by atoms with Crippen LogP contribution in [-0.2, 0) is 9.47 Å². The van der Waals surface area contributed by atoms with Crippen LogP contribution in [0.15, 0.2) is 0 Å². The zero-order chi connectivity index (χ0) is 8.48. The van der Waals surface area contributed by atoms with E-state index in [4.69, 9.17) is 9.47 Å². The van der Waals surface area contributed by atoms with E-state index in [0.717, 1.165) is 17.6 Å². The van der Waals surface area contributed by atoms with E-state index in [0.29, 0.717) is 0 Å². The lowest BCUT2D eigenvalue weighted by Crippen LogP contribution is -2.41. The second-order valence-corrected chi connectivity index (χ2v) is 4.18. The van der Waals surface area contributed by atoms with Gasteiger partial charge < -0.3 is 14.0 Å². The molecule has 0 aromatic carbocycles. The van der Waals surface area contributed by atoms with Crippen molar-refractivity contribution in [3.63, 3.8) is 0 Å². The van der Waals surface area contributed by atoms with E-state index < -0.39 is 0 Å². The Balaban J connectivity index is 2.29. The minimum Gasteiger partial charge on any atom is -0.345 e. The van der Waals surface area contributed by atoms with E-state index in [1.54, 1.807) is 0 Å². The molecule has 2 atom stereocenters. The van der Waals surface area contributed by atoms with Gasteiger partial charge in [-0.2, -0.15) is 0 Å². The van der Waals surface area contributed by atoms with Gasteiger partial charge in [0.2, 0.25) is 6.29 Å². The molecule has 0 radical (unpaired) electrons. The van der Waals surface area contributed by atoms with Gasteiger partial charge in [-0.05, 0) is 6.92 Å². The van der Waals surface area contributed by atoms with Gasteiger partial charge in [0.25, 0.3) is 0 Å². The number of ether oxygens (including phenoxy) is 2. The van der Waals surface area contributed by atoms with Crippen LogP contribution in [0.2, 0.25) is 0 Å². The van der Waals surface area contributed by atoms with Gasteiger partial charge >= 0.3 is 0 Å². The standard InChI is InChI=1S/C8H18NO2/c1-7-6-10-8(11-7)5-9(2,3)4/h7-8H,5-6H2,1-4H3/q+1. The van der Waals surface area contributed by atoms with E-state index >= 15 is 0 Å². The van der Waals surface area contributed by atoms with Crippen molar-refractivity contribution in [2.75, 3.05) is 34.3 Å². The van der Waals surface area contributed by atoms with Crippen molar-refractivity contribution < 1.29 is 14.0 Å². The Morgan fingerprint density at radius 2 is 2.00 bits per heavy atom. The second kappa shape index (κ2) is 3.09. The number of hydrogen-bond donors (Lipinski definition) is 0. The molecular formula is C8H18NO2+. The quantitative estimate of drug-likeness (QED) is 0.546. The van der Waals surface area contributed by atoms with Crippen molar-refractivity contribution >= 4 is 0 Å². The minimum atomic E-state index is 0.00463. The molecular weight excluding hydrogens is 142 g/mol. The molecule has 0 bridgehead atoms. The zero-order valence-electron chi connectivity index (χ0n) is 7.83. The molecule has 11 heavy (non-hydrogen) atoms. The first-order chi connectivity index (χ1) is 4.97. The van der Waals surface area contributed by atoms with Gasteiger partial charge in [0, 0.05) is 0 Å². The number of rotatable bonds is 2. The van der Waals surface area contributed by atoms with Crippen molar-refractivity contribution in [3.8, 4) is 0 Å². The van der Waals surface area contributed by atoms with Crippen LogP contribution < -0.4 is 0 Å². The molecule has 1 saturated heterocycles. The maximum atomic E-state index is 5.50. The van der Waals surface area contributed by atoms with Crippen molar-refractivity contribution in [2.24, 2.45) is 0 Å². The van der Waals surface area contributed by atoms with Gasteiger partial charge in [-0.15, -0.1) is 0 Å². The molecule has 0 aromatic heterocycles. The van der Waals surface area contributed by atoms with Crippen LogP contribution in [0.3, 0.4) is 0 Å². The van der Waals surface area contributed by atoms with Crippen LogP contribution >= 0.6 is 0 Å². The van der Waals surface area contributed by atoms with Crippen LogP contribution in [0.5, 0.6) is 0 Å². The lowest BCUT2D eigenvalue weighted by molar-refractivity contribution is -0.876. The molecule has 3 heteroatoms. The molecule has 1 aliphatic heterocycles. The van der Waals surface area contributed by atoms with E-state index in [-0.39, 0.29) is 12.4 Å². The van der Waals surface area contributed by atoms with E-state index in [1.165, 1.54) is 0 Å². The molecule has 66 valence electrons. The van der Waals surface area contributed by atoms with Crippen LogP contribution in [0, 0.1) is 0 Å². The lowest BCUT2D eigenvalue weighted by atomic mass is 10.4. The van der Waals surface area contributed by atoms with Crippen LogP contribution in [0.1, 0.15) is 6.92 Å². The fourth-order valence-corrected chi connectivity index (χ4v) is 1.12. The van der Waals surface area contributed by atoms with E-state index in [2.05, 4.69) is 21.1 Å². The molecule has 2 unspecified atom stereocenters. The van der Waals surface area contributed by atoms with Gasteiger partial charge in [-0.1, -0.05) is 0 Å².